The quantitative estimate of drug-likeness (QED) is 0.834. The largest absolute Gasteiger partial charge is 0.507 e. The molecule has 3 rings (SSSR count). The summed E-state index contributed by atoms with van der Waals surface area (Å²) in [5.41, 5.74) is 3.18. The minimum Gasteiger partial charge on any atom is -0.507 e. The number of nitrogens with zero attached hydrogens (tertiary/aromatic N) is 2. The Morgan fingerprint density at radius 1 is 1.33 bits per heavy atom. The standard InChI is InChI=1S/C18H19N3O2S/c1-2-3-8-16-17(23)20-21-18(24-16)19-11-14-13-7-5-4-6-12(13)9-10-15(14)22/h4-7,9-11,16,22H,2-3,8H2,1H3,(H,20,23). The summed E-state index contributed by atoms with van der Waals surface area (Å²) in [5, 5.41) is 16.4. The van der Waals surface area contributed by atoms with Crippen LogP contribution in [0.15, 0.2) is 46.5 Å². The van der Waals surface area contributed by atoms with Crippen molar-refractivity contribution in [3.05, 3.63) is 42.0 Å². The predicted octanol–water partition coefficient (Wildman–Crippen LogP) is 3.66. The van der Waals surface area contributed by atoms with E-state index in [2.05, 4.69) is 22.4 Å². The van der Waals surface area contributed by atoms with Crippen molar-refractivity contribution in [3.63, 3.8) is 0 Å². The first-order valence-corrected chi connectivity index (χ1v) is 8.86. The Morgan fingerprint density at radius 2 is 2.17 bits per heavy atom. The lowest BCUT2D eigenvalue weighted by Crippen LogP contribution is -2.34. The van der Waals surface area contributed by atoms with Gasteiger partial charge in [-0.2, -0.15) is 0 Å². The molecule has 0 aliphatic carbocycles. The molecule has 2 aromatic rings. The van der Waals surface area contributed by atoms with E-state index >= 15 is 0 Å². The van der Waals surface area contributed by atoms with Gasteiger partial charge in [0.2, 0.25) is 5.17 Å². The molecular weight excluding hydrogens is 322 g/mol. The molecule has 2 aromatic carbocycles. The highest BCUT2D eigenvalue weighted by atomic mass is 32.2. The van der Waals surface area contributed by atoms with Gasteiger partial charge in [0, 0.05) is 11.8 Å². The van der Waals surface area contributed by atoms with Crippen molar-refractivity contribution in [2.24, 2.45) is 10.1 Å². The second-order valence-corrected chi connectivity index (χ2v) is 6.77. The van der Waals surface area contributed by atoms with Crippen LogP contribution in [0, 0.1) is 0 Å². The molecule has 1 aliphatic heterocycles. The molecule has 1 atom stereocenters. The number of hydrogen-bond acceptors (Lipinski definition) is 5. The van der Waals surface area contributed by atoms with Gasteiger partial charge in [-0.25, -0.2) is 10.4 Å². The third-order valence-corrected chi connectivity index (χ3v) is 5.02. The Labute approximate surface area is 144 Å². The molecule has 0 saturated carbocycles. The van der Waals surface area contributed by atoms with Gasteiger partial charge in [-0.15, -0.1) is 5.10 Å². The first kappa shape index (κ1) is 16.5. The number of rotatable bonds is 4. The Hall–Kier alpha value is -2.34. The lowest BCUT2D eigenvalue weighted by Gasteiger charge is -2.18. The van der Waals surface area contributed by atoms with Crippen molar-refractivity contribution in [2.75, 3.05) is 0 Å². The van der Waals surface area contributed by atoms with Gasteiger partial charge in [-0.1, -0.05) is 61.9 Å². The SMILES string of the molecule is CCCCC1SC(N=Cc2c(O)ccc3ccccc23)=NNC1=O. The van der Waals surface area contributed by atoms with Gasteiger partial charge < -0.3 is 5.11 Å². The molecule has 24 heavy (non-hydrogen) atoms. The molecule has 5 nitrogen and oxygen atoms in total. The molecule has 1 unspecified atom stereocenters. The minimum atomic E-state index is -0.157. The van der Waals surface area contributed by atoms with Gasteiger partial charge in [0.1, 0.15) is 5.75 Å². The van der Waals surface area contributed by atoms with Crippen LogP contribution in [-0.4, -0.2) is 27.6 Å². The van der Waals surface area contributed by atoms with Crippen molar-refractivity contribution in [2.45, 2.75) is 31.4 Å². The third kappa shape index (κ3) is 3.59. The number of hydrogen-bond donors (Lipinski definition) is 2. The minimum absolute atomic E-state index is 0.0691. The highest BCUT2D eigenvalue weighted by molar-refractivity contribution is 8.15. The van der Waals surface area contributed by atoms with E-state index in [9.17, 15) is 9.90 Å². The number of hydrazone groups is 1. The molecule has 0 bridgehead atoms. The number of unbranched alkanes of at least 4 members (excludes halogenated alkanes) is 1. The maximum absolute atomic E-state index is 11.8. The molecule has 2 N–H and O–H groups in total. The third-order valence-electron chi connectivity index (χ3n) is 3.87. The Balaban J connectivity index is 1.84. The summed E-state index contributed by atoms with van der Waals surface area (Å²) in [5.74, 6) is 0.103. The molecule has 0 fully saturated rings. The molecule has 1 heterocycles. The van der Waals surface area contributed by atoms with Crippen LogP contribution >= 0.6 is 11.8 Å². The molecule has 124 valence electrons. The van der Waals surface area contributed by atoms with E-state index in [1.807, 2.05) is 30.3 Å². The van der Waals surface area contributed by atoms with Crippen molar-refractivity contribution >= 4 is 39.8 Å². The summed E-state index contributed by atoms with van der Waals surface area (Å²) in [7, 11) is 0. The fraction of sp³-hybridized carbons (Fsp3) is 0.278. The van der Waals surface area contributed by atoms with Gasteiger partial charge in [-0.3, -0.25) is 4.79 Å². The van der Waals surface area contributed by atoms with Crippen molar-refractivity contribution in [1.82, 2.24) is 5.43 Å². The summed E-state index contributed by atoms with van der Waals surface area (Å²) >= 11 is 1.37. The van der Waals surface area contributed by atoms with Crippen molar-refractivity contribution < 1.29 is 9.90 Å². The van der Waals surface area contributed by atoms with E-state index in [-0.39, 0.29) is 16.9 Å². The zero-order chi connectivity index (χ0) is 16.9. The van der Waals surface area contributed by atoms with Crippen LogP contribution in [0.1, 0.15) is 31.7 Å². The fourth-order valence-electron chi connectivity index (χ4n) is 2.56. The van der Waals surface area contributed by atoms with Gasteiger partial charge in [0.15, 0.2) is 0 Å². The molecule has 1 amide bonds. The molecule has 0 aromatic heterocycles. The van der Waals surface area contributed by atoms with Crippen molar-refractivity contribution in [1.29, 1.82) is 0 Å². The zero-order valence-electron chi connectivity index (χ0n) is 13.4. The highest BCUT2D eigenvalue weighted by Gasteiger charge is 2.24. The maximum atomic E-state index is 11.8. The Morgan fingerprint density at radius 3 is 3.00 bits per heavy atom. The highest BCUT2D eigenvalue weighted by Crippen LogP contribution is 2.27. The van der Waals surface area contributed by atoms with Gasteiger partial charge in [-0.05, 0) is 23.3 Å². The van der Waals surface area contributed by atoms with Gasteiger partial charge >= 0.3 is 0 Å². The average Bonchev–Trinajstić information content (AvgIpc) is 2.61. The van der Waals surface area contributed by atoms with E-state index in [0.29, 0.717) is 10.7 Å². The molecule has 0 spiro atoms. The number of amidine groups is 1. The first-order valence-electron chi connectivity index (χ1n) is 7.98. The van der Waals surface area contributed by atoms with E-state index in [0.717, 1.165) is 30.0 Å². The summed E-state index contributed by atoms with van der Waals surface area (Å²) in [6, 6.07) is 11.3. The molecule has 0 saturated heterocycles. The normalized spacial score (nSPS) is 18.0. The van der Waals surface area contributed by atoms with Crippen LogP contribution in [0.3, 0.4) is 0 Å². The summed E-state index contributed by atoms with van der Waals surface area (Å²) in [4.78, 5) is 16.2. The Kier molecular flexibility index (Phi) is 5.15. The summed E-state index contributed by atoms with van der Waals surface area (Å²) < 4.78 is 0. The number of carbonyl (C=O) groups is 1. The van der Waals surface area contributed by atoms with E-state index in [1.165, 1.54) is 11.8 Å². The number of fused-ring (bicyclic) bond motifs is 1. The van der Waals surface area contributed by atoms with E-state index in [4.69, 9.17) is 0 Å². The predicted molar refractivity (Wildman–Crippen MR) is 99.7 cm³/mol. The maximum Gasteiger partial charge on any atom is 0.253 e. The number of phenols is 1. The number of benzene rings is 2. The lowest BCUT2D eigenvalue weighted by atomic mass is 10.0. The second kappa shape index (κ2) is 7.49. The van der Waals surface area contributed by atoms with Crippen molar-refractivity contribution in [3.8, 4) is 5.75 Å². The number of amides is 1. The topological polar surface area (TPSA) is 74.1 Å². The van der Waals surface area contributed by atoms with Gasteiger partial charge in [0.25, 0.3) is 5.91 Å². The fourth-order valence-corrected chi connectivity index (χ4v) is 3.47. The molecule has 1 aliphatic rings. The molecular formula is C18H19N3O2S. The number of aromatic hydroxyl groups is 1. The molecule has 6 heteroatoms. The van der Waals surface area contributed by atoms with Crippen LogP contribution < -0.4 is 5.43 Å². The van der Waals surface area contributed by atoms with Crippen LogP contribution in [0.4, 0.5) is 0 Å². The van der Waals surface area contributed by atoms with Crippen LogP contribution in [0.2, 0.25) is 0 Å². The number of thioether (sulfide) groups is 1. The van der Waals surface area contributed by atoms with E-state index in [1.54, 1.807) is 12.3 Å². The number of nitrogens with one attached hydrogen (secondary N) is 1. The number of carbonyl (C=O) groups excluding carboxylic acids is 1. The smallest absolute Gasteiger partial charge is 0.253 e. The first-order chi connectivity index (χ1) is 11.7. The van der Waals surface area contributed by atoms with Crippen LogP contribution in [-0.2, 0) is 4.79 Å². The Bertz CT molecular complexity index is 817. The van der Waals surface area contributed by atoms with Gasteiger partial charge in [0.05, 0.1) is 5.25 Å². The zero-order valence-corrected chi connectivity index (χ0v) is 14.2. The summed E-state index contributed by atoms with van der Waals surface area (Å²) in [6.07, 6.45) is 4.45. The average molecular weight is 341 g/mol. The molecule has 0 radical (unpaired) electrons. The number of aliphatic imine (C=N–C) groups is 1. The van der Waals surface area contributed by atoms with Crippen LogP contribution in [0.25, 0.3) is 10.8 Å². The number of phenolic OH excluding ortho intramolecular Hbond substituents is 1. The lowest BCUT2D eigenvalue weighted by molar-refractivity contribution is -0.120. The monoisotopic (exact) mass is 341 g/mol. The second-order valence-electron chi connectivity index (χ2n) is 5.60. The summed E-state index contributed by atoms with van der Waals surface area (Å²) in [6.45, 7) is 2.10. The van der Waals surface area contributed by atoms with Crippen LogP contribution in [0.5, 0.6) is 5.75 Å². The van der Waals surface area contributed by atoms with E-state index < -0.39 is 0 Å².